The number of hydrogen-bond acceptors (Lipinski definition) is 3. The number of allylic oxidation sites excluding steroid dienone is 1. The highest BCUT2D eigenvalue weighted by Crippen LogP contribution is 2.62. The summed E-state index contributed by atoms with van der Waals surface area (Å²) < 4.78 is 6.58. The van der Waals surface area contributed by atoms with Crippen LogP contribution in [0.5, 0.6) is 0 Å². The van der Waals surface area contributed by atoms with E-state index in [0.29, 0.717) is 6.42 Å². The van der Waals surface area contributed by atoms with Gasteiger partial charge in [0, 0.05) is 18.8 Å². The normalized spacial score (nSPS) is 44.4. The first-order chi connectivity index (χ1) is 11.9. The van der Waals surface area contributed by atoms with Crippen LogP contribution in [0.3, 0.4) is 0 Å². The van der Waals surface area contributed by atoms with Crippen molar-refractivity contribution in [3.05, 3.63) is 24.3 Å². The summed E-state index contributed by atoms with van der Waals surface area (Å²) in [7, 11) is 0. The van der Waals surface area contributed by atoms with Crippen LogP contribution in [0.1, 0.15) is 67.2 Å². The Balaban J connectivity index is 2.21. The van der Waals surface area contributed by atoms with E-state index in [0.717, 1.165) is 19.3 Å². The van der Waals surface area contributed by atoms with Gasteiger partial charge >= 0.3 is 0 Å². The molecule has 1 aliphatic heterocycles. The monoisotopic (exact) mass is 359 g/mol. The zero-order chi connectivity index (χ0) is 19.5. The minimum atomic E-state index is -0.782. The third kappa shape index (κ3) is 2.69. The van der Waals surface area contributed by atoms with Gasteiger partial charge in [0.25, 0.3) is 0 Å². The minimum Gasteiger partial charge on any atom is -0.361 e. The molecule has 144 valence electrons. The SMILES string of the molecule is C=C[C@@]1(C)CC(=O)[C@H]2[C@](C)(O1)[C@H](NC(C)=O)C=C1C(C)(C)CCC[C@@]12C. The molecule has 1 heterocycles. The van der Waals surface area contributed by atoms with E-state index in [1.165, 1.54) is 12.5 Å². The summed E-state index contributed by atoms with van der Waals surface area (Å²) in [5, 5.41) is 3.07. The van der Waals surface area contributed by atoms with Crippen molar-refractivity contribution in [3.8, 4) is 0 Å². The fraction of sp³-hybridized carbons (Fsp3) is 0.727. The van der Waals surface area contributed by atoms with Gasteiger partial charge in [-0.3, -0.25) is 9.59 Å². The van der Waals surface area contributed by atoms with Crippen LogP contribution in [0.4, 0.5) is 0 Å². The molecule has 1 saturated carbocycles. The lowest BCUT2D eigenvalue weighted by molar-refractivity contribution is -0.213. The summed E-state index contributed by atoms with van der Waals surface area (Å²) in [6, 6.07) is -0.325. The van der Waals surface area contributed by atoms with E-state index in [2.05, 4.69) is 38.7 Å². The number of ketones is 1. The second-order valence-corrected chi connectivity index (χ2v) is 9.79. The Morgan fingerprint density at radius 1 is 1.27 bits per heavy atom. The molecule has 0 unspecified atom stereocenters. The molecule has 3 rings (SSSR count). The Morgan fingerprint density at radius 2 is 1.92 bits per heavy atom. The van der Waals surface area contributed by atoms with Crippen molar-refractivity contribution >= 4 is 11.7 Å². The highest BCUT2D eigenvalue weighted by Gasteiger charge is 2.64. The number of hydrogen-bond donors (Lipinski definition) is 1. The van der Waals surface area contributed by atoms with E-state index in [9.17, 15) is 9.59 Å². The van der Waals surface area contributed by atoms with Crippen molar-refractivity contribution < 1.29 is 14.3 Å². The van der Waals surface area contributed by atoms with Crippen molar-refractivity contribution in [1.29, 1.82) is 0 Å². The van der Waals surface area contributed by atoms with Crippen molar-refractivity contribution in [2.45, 2.75) is 84.5 Å². The second-order valence-electron chi connectivity index (χ2n) is 9.79. The van der Waals surface area contributed by atoms with Gasteiger partial charge in [0.05, 0.1) is 17.6 Å². The van der Waals surface area contributed by atoms with Gasteiger partial charge in [0.15, 0.2) is 0 Å². The number of Topliss-reactive ketones (excluding diaryl/α,β-unsaturated/α-hetero) is 1. The maximum absolute atomic E-state index is 13.4. The Bertz CT molecular complexity index is 694. The summed E-state index contributed by atoms with van der Waals surface area (Å²) >= 11 is 0. The van der Waals surface area contributed by atoms with Crippen LogP contribution in [0.25, 0.3) is 0 Å². The highest BCUT2D eigenvalue weighted by atomic mass is 16.5. The molecule has 0 radical (unpaired) electrons. The minimum absolute atomic E-state index is 0.0184. The standard InChI is InChI=1S/C22H33NO3/c1-8-20(5)13-15(25)18-21(6)11-9-10-19(3,4)16(21)12-17(23-14(2)24)22(18,7)26-20/h8,12,17-18H,1,9-11,13H2,2-7H3,(H,23,24)/t17-,18-,20+,21+,22-/m1/s1. The van der Waals surface area contributed by atoms with Crippen LogP contribution >= 0.6 is 0 Å². The van der Waals surface area contributed by atoms with Gasteiger partial charge in [-0.05, 0) is 32.1 Å². The summed E-state index contributed by atoms with van der Waals surface area (Å²) in [6.07, 6.45) is 7.44. The van der Waals surface area contributed by atoms with Crippen LogP contribution in [0.2, 0.25) is 0 Å². The van der Waals surface area contributed by atoms with Gasteiger partial charge in [-0.25, -0.2) is 0 Å². The molecule has 26 heavy (non-hydrogen) atoms. The zero-order valence-electron chi connectivity index (χ0n) is 17.1. The van der Waals surface area contributed by atoms with Crippen LogP contribution in [0, 0.1) is 16.7 Å². The predicted octanol–water partition coefficient (Wildman–Crippen LogP) is 3.96. The summed E-state index contributed by atoms with van der Waals surface area (Å²) in [6.45, 7) is 16.1. The van der Waals surface area contributed by atoms with Crippen LogP contribution in [-0.2, 0) is 14.3 Å². The van der Waals surface area contributed by atoms with Gasteiger partial charge < -0.3 is 10.1 Å². The molecule has 4 nitrogen and oxygen atoms in total. The lowest BCUT2D eigenvalue weighted by atomic mass is 9.47. The molecule has 5 atom stereocenters. The first-order valence-corrected chi connectivity index (χ1v) is 9.74. The van der Waals surface area contributed by atoms with E-state index in [4.69, 9.17) is 4.74 Å². The molecular formula is C22H33NO3. The lowest BCUT2D eigenvalue weighted by Gasteiger charge is -2.62. The third-order valence-corrected chi connectivity index (χ3v) is 7.09. The lowest BCUT2D eigenvalue weighted by Crippen LogP contribution is -2.70. The Kier molecular flexibility index (Phi) is 4.31. The summed E-state index contributed by atoms with van der Waals surface area (Å²) in [4.78, 5) is 25.4. The van der Waals surface area contributed by atoms with Gasteiger partial charge in [0.1, 0.15) is 11.4 Å². The Hall–Kier alpha value is -1.42. The maximum atomic E-state index is 13.4. The van der Waals surface area contributed by atoms with E-state index in [1.807, 2.05) is 13.8 Å². The van der Waals surface area contributed by atoms with E-state index >= 15 is 0 Å². The number of carbonyl (C=O) groups is 2. The van der Waals surface area contributed by atoms with Crippen molar-refractivity contribution in [1.82, 2.24) is 5.32 Å². The number of ether oxygens (including phenoxy) is 1. The molecule has 1 amide bonds. The third-order valence-electron chi connectivity index (χ3n) is 7.09. The van der Waals surface area contributed by atoms with Crippen molar-refractivity contribution in [2.75, 3.05) is 0 Å². The topological polar surface area (TPSA) is 55.4 Å². The number of carbonyl (C=O) groups excluding carboxylic acids is 2. The molecule has 3 aliphatic rings. The number of fused-ring (bicyclic) bond motifs is 3. The molecule has 1 N–H and O–H groups in total. The van der Waals surface area contributed by atoms with Gasteiger partial charge in [0.2, 0.25) is 5.91 Å². The summed E-state index contributed by atoms with van der Waals surface area (Å²) in [5.74, 6) is -0.146. The quantitative estimate of drug-likeness (QED) is 0.759. The Labute approximate surface area is 157 Å². The van der Waals surface area contributed by atoms with Crippen LogP contribution < -0.4 is 5.32 Å². The van der Waals surface area contributed by atoms with Gasteiger partial charge in [-0.15, -0.1) is 6.58 Å². The molecule has 1 saturated heterocycles. The van der Waals surface area contributed by atoms with Crippen LogP contribution in [0.15, 0.2) is 24.3 Å². The molecule has 0 spiro atoms. The van der Waals surface area contributed by atoms with E-state index < -0.39 is 11.2 Å². The predicted molar refractivity (Wildman–Crippen MR) is 103 cm³/mol. The van der Waals surface area contributed by atoms with Crippen molar-refractivity contribution in [3.63, 3.8) is 0 Å². The van der Waals surface area contributed by atoms with E-state index in [1.54, 1.807) is 6.08 Å². The first kappa shape index (κ1) is 19.3. The fourth-order valence-electron chi connectivity index (χ4n) is 6.10. The van der Waals surface area contributed by atoms with Crippen molar-refractivity contribution in [2.24, 2.45) is 16.7 Å². The molecule has 0 aromatic rings. The highest BCUT2D eigenvalue weighted by molar-refractivity contribution is 5.87. The largest absolute Gasteiger partial charge is 0.361 e. The molecule has 0 aromatic carbocycles. The van der Waals surface area contributed by atoms with E-state index in [-0.39, 0.29) is 34.5 Å². The average molecular weight is 360 g/mol. The first-order valence-electron chi connectivity index (χ1n) is 9.74. The molecule has 2 aliphatic carbocycles. The molecule has 2 fully saturated rings. The number of amides is 1. The zero-order valence-corrected chi connectivity index (χ0v) is 17.1. The average Bonchev–Trinajstić information content (AvgIpc) is 2.47. The van der Waals surface area contributed by atoms with Crippen LogP contribution in [-0.4, -0.2) is 28.9 Å². The molecule has 4 heteroatoms. The number of nitrogens with one attached hydrogen (secondary N) is 1. The smallest absolute Gasteiger partial charge is 0.217 e. The molecular weight excluding hydrogens is 326 g/mol. The van der Waals surface area contributed by atoms with Gasteiger partial charge in [-0.2, -0.15) is 0 Å². The Morgan fingerprint density at radius 3 is 2.50 bits per heavy atom. The fourth-order valence-corrected chi connectivity index (χ4v) is 6.10. The summed E-state index contributed by atoms with van der Waals surface area (Å²) in [5.41, 5.74) is -0.396. The molecule has 0 aromatic heterocycles. The number of rotatable bonds is 2. The second kappa shape index (κ2) is 5.79. The van der Waals surface area contributed by atoms with Gasteiger partial charge in [-0.1, -0.05) is 44.9 Å². The maximum Gasteiger partial charge on any atom is 0.217 e. The molecule has 0 bridgehead atoms.